The lowest BCUT2D eigenvalue weighted by molar-refractivity contribution is -0.116. The standard InChI is InChI=1S/C17H20N3O4S/c21-16(17-18-6-7-19-17)15(12-14-4-2-1-3-5-14)13-25(22,23)20-8-10-24-11-9-20/h1-7,15H,8-13H2/t15-/m0/s1. The molecule has 0 unspecified atom stereocenters. The predicted molar refractivity (Wildman–Crippen MR) is 93.5 cm³/mol. The first-order valence-corrected chi connectivity index (χ1v) is 9.74. The number of rotatable bonds is 7. The van der Waals surface area contributed by atoms with E-state index in [0.29, 0.717) is 32.7 Å². The highest BCUT2D eigenvalue weighted by molar-refractivity contribution is 7.89. The molecule has 1 aromatic rings. The quantitative estimate of drug-likeness (QED) is 0.709. The number of aliphatic imine (C=N–C) groups is 1. The van der Waals surface area contributed by atoms with Crippen molar-refractivity contribution < 1.29 is 17.9 Å². The van der Waals surface area contributed by atoms with Crippen LogP contribution >= 0.6 is 0 Å². The number of amidine groups is 1. The molecule has 1 fully saturated rings. The van der Waals surface area contributed by atoms with Crippen molar-refractivity contribution in [1.82, 2.24) is 9.62 Å². The van der Waals surface area contributed by atoms with Crippen LogP contribution in [0.2, 0.25) is 0 Å². The van der Waals surface area contributed by atoms with Crippen LogP contribution in [0, 0.1) is 5.92 Å². The first kappa shape index (κ1) is 17.8. The summed E-state index contributed by atoms with van der Waals surface area (Å²) < 4.78 is 32.1. The van der Waals surface area contributed by atoms with Crippen molar-refractivity contribution >= 4 is 21.6 Å². The molecule has 1 radical (unpaired) electrons. The second-order valence-corrected chi connectivity index (χ2v) is 7.93. The van der Waals surface area contributed by atoms with Gasteiger partial charge in [-0.1, -0.05) is 30.3 Å². The van der Waals surface area contributed by atoms with Gasteiger partial charge in [0, 0.05) is 31.4 Å². The Morgan fingerprint density at radius 1 is 1.16 bits per heavy atom. The van der Waals surface area contributed by atoms with Crippen LogP contribution in [0.4, 0.5) is 0 Å². The van der Waals surface area contributed by atoms with E-state index in [9.17, 15) is 13.2 Å². The molecule has 0 bridgehead atoms. The number of sulfonamides is 1. The van der Waals surface area contributed by atoms with Crippen LogP contribution in [0.15, 0.2) is 47.7 Å². The molecule has 0 aromatic heterocycles. The molecule has 133 valence electrons. The highest BCUT2D eigenvalue weighted by Crippen LogP contribution is 2.17. The number of ether oxygens (including phenoxy) is 1. The van der Waals surface area contributed by atoms with Gasteiger partial charge in [-0.2, -0.15) is 4.31 Å². The lowest BCUT2D eigenvalue weighted by Gasteiger charge is -2.27. The molecule has 1 atom stereocenters. The maximum atomic E-state index is 12.7. The van der Waals surface area contributed by atoms with Crippen LogP contribution in [0.25, 0.3) is 0 Å². The van der Waals surface area contributed by atoms with Gasteiger partial charge in [0.25, 0.3) is 0 Å². The Kier molecular flexibility index (Phi) is 5.62. The molecule has 0 amide bonds. The average Bonchev–Trinajstić information content (AvgIpc) is 3.17. The number of carbonyl (C=O) groups is 1. The predicted octanol–water partition coefficient (Wildman–Crippen LogP) is 0.564. The fourth-order valence-electron chi connectivity index (χ4n) is 2.86. The minimum absolute atomic E-state index is 0.0677. The molecule has 0 saturated carbocycles. The van der Waals surface area contributed by atoms with Gasteiger partial charge in [0.15, 0.2) is 5.84 Å². The Hall–Kier alpha value is -2.03. The molecular weight excluding hydrogens is 342 g/mol. The van der Waals surface area contributed by atoms with Crippen LogP contribution in [0.3, 0.4) is 0 Å². The van der Waals surface area contributed by atoms with E-state index < -0.39 is 15.9 Å². The van der Waals surface area contributed by atoms with Gasteiger partial charge in [0.2, 0.25) is 15.8 Å². The van der Waals surface area contributed by atoms with Crippen molar-refractivity contribution in [2.24, 2.45) is 10.9 Å². The number of carbonyl (C=O) groups excluding carboxylic acids is 1. The molecule has 1 saturated heterocycles. The van der Waals surface area contributed by atoms with Gasteiger partial charge in [-0.15, -0.1) is 0 Å². The zero-order valence-corrected chi connectivity index (χ0v) is 14.6. The van der Waals surface area contributed by atoms with Crippen LogP contribution in [0.5, 0.6) is 0 Å². The summed E-state index contributed by atoms with van der Waals surface area (Å²) in [5.74, 6) is -1.25. The van der Waals surface area contributed by atoms with E-state index in [-0.39, 0.29) is 17.4 Å². The Labute approximate surface area is 147 Å². The average molecular weight is 362 g/mol. The van der Waals surface area contributed by atoms with Gasteiger partial charge in [-0.05, 0) is 12.0 Å². The van der Waals surface area contributed by atoms with Crippen molar-refractivity contribution in [3.8, 4) is 0 Å². The topological polar surface area (TPSA) is 90.1 Å². The molecule has 7 nitrogen and oxygen atoms in total. The van der Waals surface area contributed by atoms with Gasteiger partial charge >= 0.3 is 0 Å². The van der Waals surface area contributed by atoms with Gasteiger partial charge < -0.3 is 4.74 Å². The van der Waals surface area contributed by atoms with Crippen molar-refractivity contribution in [3.05, 3.63) is 48.3 Å². The molecule has 8 heteroatoms. The van der Waals surface area contributed by atoms with E-state index in [1.807, 2.05) is 30.3 Å². The largest absolute Gasteiger partial charge is 0.379 e. The van der Waals surface area contributed by atoms with E-state index >= 15 is 0 Å². The maximum absolute atomic E-state index is 12.7. The smallest absolute Gasteiger partial charge is 0.214 e. The fraction of sp³-hybridized carbons (Fsp3) is 0.412. The third-order valence-corrected chi connectivity index (χ3v) is 6.13. The molecule has 2 aliphatic heterocycles. The Bertz CT molecular complexity index is 768. The Balaban J connectivity index is 1.78. The van der Waals surface area contributed by atoms with E-state index in [0.717, 1.165) is 5.56 Å². The van der Waals surface area contributed by atoms with Crippen LogP contribution in [-0.4, -0.2) is 56.4 Å². The summed E-state index contributed by atoms with van der Waals surface area (Å²) >= 11 is 0. The molecule has 3 rings (SSSR count). The second-order valence-electron chi connectivity index (χ2n) is 5.92. The number of ketones is 1. The fourth-order valence-corrected chi connectivity index (χ4v) is 4.56. The van der Waals surface area contributed by atoms with Crippen LogP contribution in [-0.2, 0) is 26.0 Å². The van der Waals surface area contributed by atoms with Crippen LogP contribution in [0.1, 0.15) is 5.56 Å². The SMILES string of the molecule is O=C(C1=NC=C[N]1)[C@@H](Cc1ccccc1)CS(=O)(=O)N1CCOCC1. The van der Waals surface area contributed by atoms with Crippen molar-refractivity contribution in [1.29, 1.82) is 0 Å². The summed E-state index contributed by atoms with van der Waals surface area (Å²) in [7, 11) is -3.56. The molecule has 0 N–H and O–H groups in total. The van der Waals surface area contributed by atoms with E-state index in [4.69, 9.17) is 4.74 Å². The highest BCUT2D eigenvalue weighted by Gasteiger charge is 2.33. The maximum Gasteiger partial charge on any atom is 0.214 e. The number of Topliss-reactive ketones (excluding diaryl/α,β-unsaturated/α-hetero) is 1. The van der Waals surface area contributed by atoms with Gasteiger partial charge in [0.05, 0.1) is 19.0 Å². The number of hydrogen-bond acceptors (Lipinski definition) is 5. The minimum Gasteiger partial charge on any atom is -0.379 e. The zero-order chi connectivity index (χ0) is 17.7. The molecule has 0 aliphatic carbocycles. The van der Waals surface area contributed by atoms with E-state index in [1.165, 1.54) is 16.7 Å². The van der Waals surface area contributed by atoms with Crippen molar-refractivity contribution in [2.75, 3.05) is 32.1 Å². The summed E-state index contributed by atoms with van der Waals surface area (Å²) in [6, 6.07) is 9.38. The first-order valence-electron chi connectivity index (χ1n) is 8.13. The first-order chi connectivity index (χ1) is 12.1. The number of nitrogens with zero attached hydrogens (tertiary/aromatic N) is 3. The summed E-state index contributed by atoms with van der Waals surface area (Å²) in [6.07, 6.45) is 3.20. The molecule has 2 heterocycles. The normalized spacial score (nSPS) is 19.3. The third-order valence-electron chi connectivity index (χ3n) is 4.15. The molecule has 0 spiro atoms. The monoisotopic (exact) mass is 362 g/mol. The van der Waals surface area contributed by atoms with Crippen molar-refractivity contribution in [2.45, 2.75) is 6.42 Å². The van der Waals surface area contributed by atoms with E-state index in [1.54, 1.807) is 0 Å². The van der Waals surface area contributed by atoms with Gasteiger partial charge in [-0.3, -0.25) is 4.79 Å². The lowest BCUT2D eigenvalue weighted by Crippen LogP contribution is -2.45. The summed E-state index contributed by atoms with van der Waals surface area (Å²) in [5, 5.41) is 3.93. The lowest BCUT2D eigenvalue weighted by atomic mass is 9.96. The van der Waals surface area contributed by atoms with Crippen molar-refractivity contribution in [3.63, 3.8) is 0 Å². The molecule has 1 aromatic carbocycles. The number of morpholine rings is 1. The summed E-state index contributed by atoms with van der Waals surface area (Å²) in [5.41, 5.74) is 0.907. The molecule has 25 heavy (non-hydrogen) atoms. The van der Waals surface area contributed by atoms with Gasteiger partial charge in [-0.25, -0.2) is 18.7 Å². The Morgan fingerprint density at radius 3 is 2.52 bits per heavy atom. The Morgan fingerprint density at radius 2 is 1.88 bits per heavy atom. The minimum atomic E-state index is -3.56. The van der Waals surface area contributed by atoms with E-state index in [2.05, 4.69) is 10.3 Å². The molecular formula is C17H20N3O4S. The van der Waals surface area contributed by atoms with Crippen LogP contribution < -0.4 is 5.32 Å². The number of benzene rings is 1. The second kappa shape index (κ2) is 7.90. The summed E-state index contributed by atoms with van der Waals surface area (Å²) in [4.78, 5) is 16.7. The third kappa shape index (κ3) is 4.53. The zero-order valence-electron chi connectivity index (χ0n) is 13.7. The summed E-state index contributed by atoms with van der Waals surface area (Å²) in [6.45, 7) is 1.40. The number of hydrogen-bond donors (Lipinski definition) is 0. The highest BCUT2D eigenvalue weighted by atomic mass is 32.2. The molecule has 2 aliphatic rings. The van der Waals surface area contributed by atoms with Gasteiger partial charge in [0.1, 0.15) is 0 Å².